The molecule has 0 aliphatic rings. The van der Waals surface area contributed by atoms with Gasteiger partial charge in [-0.05, 0) is 42.8 Å². The highest BCUT2D eigenvalue weighted by molar-refractivity contribution is 6.30. The molecule has 0 radical (unpaired) electrons. The fourth-order valence-electron chi connectivity index (χ4n) is 1.66. The molecule has 2 aromatic carbocycles. The molecule has 19 heavy (non-hydrogen) atoms. The van der Waals surface area contributed by atoms with Gasteiger partial charge in [0.2, 0.25) is 0 Å². The lowest BCUT2D eigenvalue weighted by Crippen LogP contribution is -1.83. The first-order chi connectivity index (χ1) is 9.11. The van der Waals surface area contributed by atoms with E-state index in [-0.39, 0.29) is 11.5 Å². The molecular weight excluding hydrogens is 264 g/mol. The van der Waals surface area contributed by atoms with Crippen molar-refractivity contribution in [1.82, 2.24) is 0 Å². The van der Waals surface area contributed by atoms with Crippen molar-refractivity contribution in [2.45, 2.75) is 13.3 Å². The van der Waals surface area contributed by atoms with Gasteiger partial charge >= 0.3 is 0 Å². The van der Waals surface area contributed by atoms with Crippen molar-refractivity contribution in [2.75, 3.05) is 0 Å². The zero-order valence-corrected chi connectivity index (χ0v) is 11.1. The van der Waals surface area contributed by atoms with E-state index in [0.717, 1.165) is 0 Å². The molecule has 0 saturated carbocycles. The minimum atomic E-state index is -0.0415. The Balaban J connectivity index is 2.31. The molecule has 5 heteroatoms. The molecule has 0 amide bonds. The third-order valence-corrected chi connectivity index (χ3v) is 2.94. The SMILES string of the molecule is CCc1c(O)ccc(N=Nc2ccc(Cl)cc2)c1O. The van der Waals surface area contributed by atoms with Crippen LogP contribution in [0.4, 0.5) is 11.4 Å². The molecule has 4 nitrogen and oxygen atoms in total. The normalized spacial score (nSPS) is 11.1. The average Bonchev–Trinajstić information content (AvgIpc) is 2.40. The molecule has 2 N–H and O–H groups in total. The van der Waals surface area contributed by atoms with Gasteiger partial charge in [0, 0.05) is 10.6 Å². The van der Waals surface area contributed by atoms with Gasteiger partial charge in [-0.1, -0.05) is 18.5 Å². The van der Waals surface area contributed by atoms with Gasteiger partial charge < -0.3 is 10.2 Å². The summed E-state index contributed by atoms with van der Waals surface area (Å²) >= 11 is 5.77. The fourth-order valence-corrected chi connectivity index (χ4v) is 1.79. The Morgan fingerprint density at radius 3 is 2.32 bits per heavy atom. The number of aromatic hydroxyl groups is 2. The molecule has 0 fully saturated rings. The molecule has 0 aliphatic heterocycles. The number of hydrogen-bond acceptors (Lipinski definition) is 4. The second kappa shape index (κ2) is 5.71. The zero-order valence-electron chi connectivity index (χ0n) is 10.3. The summed E-state index contributed by atoms with van der Waals surface area (Å²) in [5.74, 6) is 0.0191. The van der Waals surface area contributed by atoms with Crippen molar-refractivity contribution in [3.8, 4) is 11.5 Å². The van der Waals surface area contributed by atoms with Crippen molar-refractivity contribution >= 4 is 23.0 Å². The number of rotatable bonds is 3. The predicted octanol–water partition coefficient (Wildman–Crippen LogP) is 4.73. The van der Waals surface area contributed by atoms with Crippen LogP contribution in [0.5, 0.6) is 11.5 Å². The quantitative estimate of drug-likeness (QED) is 0.796. The standard InChI is InChI=1S/C14H13ClN2O2/c1-2-11-13(18)8-7-12(14(11)19)17-16-10-5-3-9(15)4-6-10/h3-8,18-19H,2H2,1H3. The molecule has 0 aromatic heterocycles. The van der Waals surface area contributed by atoms with Crippen LogP contribution in [0.25, 0.3) is 0 Å². The van der Waals surface area contributed by atoms with E-state index in [9.17, 15) is 10.2 Å². The van der Waals surface area contributed by atoms with E-state index in [1.165, 1.54) is 12.1 Å². The second-order valence-corrected chi connectivity index (χ2v) is 4.40. The fraction of sp³-hybridized carbons (Fsp3) is 0.143. The Bertz CT molecular complexity index is 610. The lowest BCUT2D eigenvalue weighted by atomic mass is 10.1. The molecule has 0 unspecified atom stereocenters. The van der Waals surface area contributed by atoms with Crippen molar-refractivity contribution < 1.29 is 10.2 Å². The maximum Gasteiger partial charge on any atom is 0.149 e. The highest BCUT2D eigenvalue weighted by Crippen LogP contribution is 2.37. The van der Waals surface area contributed by atoms with E-state index < -0.39 is 0 Å². The lowest BCUT2D eigenvalue weighted by molar-refractivity contribution is 0.440. The van der Waals surface area contributed by atoms with Gasteiger partial charge in [-0.3, -0.25) is 0 Å². The van der Waals surface area contributed by atoms with Crippen LogP contribution in [-0.2, 0) is 6.42 Å². The third kappa shape index (κ3) is 3.03. The topological polar surface area (TPSA) is 65.2 Å². The number of phenolic OH excluding ortho intramolecular Hbond substituents is 2. The number of halogens is 1. The van der Waals surface area contributed by atoms with Crippen LogP contribution in [-0.4, -0.2) is 10.2 Å². The smallest absolute Gasteiger partial charge is 0.149 e. The van der Waals surface area contributed by atoms with Crippen LogP contribution in [0.15, 0.2) is 46.6 Å². The maximum atomic E-state index is 9.96. The minimum absolute atomic E-state index is 0.0415. The van der Waals surface area contributed by atoms with Crippen LogP contribution in [0, 0.1) is 0 Å². The van der Waals surface area contributed by atoms with Gasteiger partial charge in [-0.15, -0.1) is 5.11 Å². The van der Waals surface area contributed by atoms with Gasteiger partial charge in [0.15, 0.2) is 0 Å². The summed E-state index contributed by atoms with van der Waals surface area (Å²) in [6, 6.07) is 9.89. The van der Waals surface area contributed by atoms with E-state index in [2.05, 4.69) is 10.2 Å². The van der Waals surface area contributed by atoms with Crippen molar-refractivity contribution in [2.24, 2.45) is 10.2 Å². The zero-order chi connectivity index (χ0) is 13.8. The van der Waals surface area contributed by atoms with Crippen molar-refractivity contribution in [3.05, 3.63) is 47.0 Å². The molecule has 0 bridgehead atoms. The molecule has 0 atom stereocenters. The Labute approximate surface area is 116 Å². The Hall–Kier alpha value is -2.07. The van der Waals surface area contributed by atoms with E-state index in [4.69, 9.17) is 11.6 Å². The van der Waals surface area contributed by atoms with Gasteiger partial charge in [0.05, 0.1) is 5.69 Å². The first-order valence-corrected chi connectivity index (χ1v) is 6.20. The summed E-state index contributed by atoms with van der Waals surface area (Å²) in [5, 5.41) is 28.2. The highest BCUT2D eigenvalue weighted by atomic mass is 35.5. The molecule has 98 valence electrons. The van der Waals surface area contributed by atoms with E-state index >= 15 is 0 Å². The molecule has 0 saturated heterocycles. The number of hydrogen-bond donors (Lipinski definition) is 2. The molecule has 0 aliphatic carbocycles. The summed E-state index contributed by atoms with van der Waals surface area (Å²) in [4.78, 5) is 0. The lowest BCUT2D eigenvalue weighted by Gasteiger charge is -2.06. The first kappa shape index (κ1) is 13.4. The second-order valence-electron chi connectivity index (χ2n) is 3.96. The number of benzene rings is 2. The number of phenols is 2. The van der Waals surface area contributed by atoms with Gasteiger partial charge in [-0.2, -0.15) is 5.11 Å². The Morgan fingerprint density at radius 1 is 1.00 bits per heavy atom. The molecule has 0 spiro atoms. The van der Waals surface area contributed by atoms with Gasteiger partial charge in [0.25, 0.3) is 0 Å². The minimum Gasteiger partial charge on any atom is -0.508 e. The summed E-state index contributed by atoms with van der Waals surface area (Å²) in [6.07, 6.45) is 0.516. The van der Waals surface area contributed by atoms with Crippen molar-refractivity contribution in [1.29, 1.82) is 0 Å². The number of nitrogens with zero attached hydrogens (tertiary/aromatic N) is 2. The molecule has 2 aromatic rings. The van der Waals surface area contributed by atoms with E-state index in [0.29, 0.717) is 28.4 Å². The summed E-state index contributed by atoms with van der Waals surface area (Å²) in [5.41, 5.74) is 1.42. The summed E-state index contributed by atoms with van der Waals surface area (Å²) < 4.78 is 0. The monoisotopic (exact) mass is 276 g/mol. The van der Waals surface area contributed by atoms with Crippen LogP contribution < -0.4 is 0 Å². The summed E-state index contributed by atoms with van der Waals surface area (Å²) in [6.45, 7) is 1.84. The van der Waals surface area contributed by atoms with Crippen LogP contribution in [0.3, 0.4) is 0 Å². The molecular formula is C14H13ClN2O2. The van der Waals surface area contributed by atoms with Gasteiger partial charge in [-0.25, -0.2) is 0 Å². The molecule has 0 heterocycles. The van der Waals surface area contributed by atoms with Crippen LogP contribution in [0.2, 0.25) is 5.02 Å². The average molecular weight is 277 g/mol. The Kier molecular flexibility index (Phi) is 4.02. The summed E-state index contributed by atoms with van der Waals surface area (Å²) in [7, 11) is 0. The van der Waals surface area contributed by atoms with Gasteiger partial charge in [0.1, 0.15) is 17.2 Å². The third-order valence-electron chi connectivity index (χ3n) is 2.69. The number of azo groups is 1. The predicted molar refractivity (Wildman–Crippen MR) is 74.8 cm³/mol. The molecule has 2 rings (SSSR count). The van der Waals surface area contributed by atoms with Crippen LogP contribution >= 0.6 is 11.6 Å². The first-order valence-electron chi connectivity index (χ1n) is 5.83. The van der Waals surface area contributed by atoms with Crippen molar-refractivity contribution in [3.63, 3.8) is 0 Å². The van der Waals surface area contributed by atoms with E-state index in [1.807, 2.05) is 6.92 Å². The largest absolute Gasteiger partial charge is 0.508 e. The maximum absolute atomic E-state index is 9.96. The highest BCUT2D eigenvalue weighted by Gasteiger charge is 2.10. The van der Waals surface area contributed by atoms with Crippen LogP contribution in [0.1, 0.15) is 12.5 Å². The Morgan fingerprint density at radius 2 is 1.68 bits per heavy atom. The van der Waals surface area contributed by atoms with E-state index in [1.54, 1.807) is 24.3 Å².